The van der Waals surface area contributed by atoms with Crippen molar-refractivity contribution in [1.29, 1.82) is 0 Å². The van der Waals surface area contributed by atoms with E-state index >= 15 is 0 Å². The maximum atomic E-state index is 10.5. The minimum absolute atomic E-state index is 0.186. The summed E-state index contributed by atoms with van der Waals surface area (Å²) in [6, 6.07) is 7.86. The number of hydrogen-bond donors (Lipinski definition) is 1. The third kappa shape index (κ3) is 2.96. The summed E-state index contributed by atoms with van der Waals surface area (Å²) in [4.78, 5) is 0. The average molecular weight is 252 g/mol. The highest BCUT2D eigenvalue weighted by Gasteiger charge is 2.37. The van der Waals surface area contributed by atoms with Crippen molar-refractivity contribution in [2.24, 2.45) is 0 Å². The van der Waals surface area contributed by atoms with Gasteiger partial charge in [-0.15, -0.1) is 0 Å². The smallest absolute Gasteiger partial charge is 0.119 e. The lowest BCUT2D eigenvalue weighted by atomic mass is 9.91. The number of hydrogen-bond acceptors (Lipinski definition) is 3. The van der Waals surface area contributed by atoms with Crippen LogP contribution in [0.25, 0.3) is 0 Å². The van der Waals surface area contributed by atoms with Gasteiger partial charge in [0.2, 0.25) is 0 Å². The van der Waals surface area contributed by atoms with Crippen LogP contribution in [0.1, 0.15) is 32.8 Å². The molecule has 0 spiro atoms. The highest BCUT2D eigenvalue weighted by atomic mass is 32.2. The van der Waals surface area contributed by atoms with Crippen LogP contribution in [0.15, 0.2) is 24.3 Å². The van der Waals surface area contributed by atoms with E-state index in [1.54, 1.807) is 0 Å². The monoisotopic (exact) mass is 252 g/mol. The van der Waals surface area contributed by atoms with E-state index in [1.165, 1.54) is 0 Å². The van der Waals surface area contributed by atoms with Crippen LogP contribution in [0, 0.1) is 0 Å². The Morgan fingerprint density at radius 2 is 2.00 bits per heavy atom. The fourth-order valence-corrected chi connectivity index (χ4v) is 3.43. The van der Waals surface area contributed by atoms with Gasteiger partial charge in [-0.3, -0.25) is 0 Å². The summed E-state index contributed by atoms with van der Waals surface area (Å²) in [5.41, 5.74) is 0.353. The second-order valence-electron chi connectivity index (χ2n) is 5.05. The van der Waals surface area contributed by atoms with Crippen molar-refractivity contribution in [3.8, 4) is 5.75 Å². The van der Waals surface area contributed by atoms with Crippen molar-refractivity contribution < 1.29 is 9.84 Å². The normalized spacial score (nSPS) is 28.6. The van der Waals surface area contributed by atoms with E-state index in [4.69, 9.17) is 4.74 Å². The Morgan fingerprint density at radius 3 is 2.47 bits per heavy atom. The number of rotatable bonds is 3. The second kappa shape index (κ2) is 4.91. The topological polar surface area (TPSA) is 29.5 Å². The number of aliphatic hydroxyl groups is 1. The van der Waals surface area contributed by atoms with Crippen LogP contribution in [0.4, 0.5) is 0 Å². The Bertz CT molecular complexity index is 374. The van der Waals surface area contributed by atoms with Gasteiger partial charge in [-0.05, 0) is 38.0 Å². The molecule has 1 heterocycles. The average Bonchev–Trinajstić information content (AvgIpc) is 2.60. The summed E-state index contributed by atoms with van der Waals surface area (Å²) in [7, 11) is 0. The first-order chi connectivity index (χ1) is 7.99. The van der Waals surface area contributed by atoms with E-state index in [0.717, 1.165) is 23.5 Å². The van der Waals surface area contributed by atoms with Crippen LogP contribution in [0.5, 0.6) is 5.75 Å². The molecule has 1 aromatic carbocycles. The van der Waals surface area contributed by atoms with Crippen molar-refractivity contribution in [3.05, 3.63) is 29.8 Å². The van der Waals surface area contributed by atoms with Crippen LogP contribution in [0.2, 0.25) is 0 Å². The molecule has 0 amide bonds. The number of ether oxygens (including phenoxy) is 1. The summed E-state index contributed by atoms with van der Waals surface area (Å²) in [6.07, 6.45) is 1.02. The Kier molecular flexibility index (Phi) is 3.69. The number of thioether (sulfide) groups is 1. The molecule has 17 heavy (non-hydrogen) atoms. The Balaban J connectivity index is 2.12. The molecule has 0 aliphatic carbocycles. The molecular weight excluding hydrogens is 232 g/mol. The van der Waals surface area contributed by atoms with Gasteiger partial charge in [-0.2, -0.15) is 11.8 Å². The largest absolute Gasteiger partial charge is 0.491 e. The molecule has 0 radical (unpaired) electrons. The fraction of sp³-hybridized carbons (Fsp3) is 0.571. The minimum Gasteiger partial charge on any atom is -0.491 e. The zero-order valence-electron chi connectivity index (χ0n) is 10.6. The Morgan fingerprint density at radius 1 is 1.35 bits per heavy atom. The summed E-state index contributed by atoms with van der Waals surface area (Å²) < 4.78 is 5.60. The molecule has 2 rings (SSSR count). The lowest BCUT2D eigenvalue weighted by molar-refractivity contribution is 0.0611. The molecule has 1 aliphatic heterocycles. The standard InChI is InChI=1S/C14H20O2S/c1-10(2)16-13-6-4-12(5-7-13)14(15)8-11(3)17-9-14/h4-7,10-11,15H,8-9H2,1-3H3. The van der Waals surface area contributed by atoms with Gasteiger partial charge in [0.1, 0.15) is 5.75 Å². The molecule has 0 saturated carbocycles. The van der Waals surface area contributed by atoms with E-state index in [0.29, 0.717) is 5.25 Å². The molecule has 94 valence electrons. The zero-order valence-corrected chi connectivity index (χ0v) is 11.5. The van der Waals surface area contributed by atoms with Gasteiger partial charge < -0.3 is 9.84 Å². The first-order valence-electron chi connectivity index (χ1n) is 6.11. The van der Waals surface area contributed by atoms with Crippen molar-refractivity contribution in [2.75, 3.05) is 5.75 Å². The number of benzene rings is 1. The molecule has 0 aromatic heterocycles. The third-order valence-corrected chi connectivity index (χ3v) is 4.38. The lowest BCUT2D eigenvalue weighted by Gasteiger charge is -2.22. The molecular formula is C14H20O2S. The molecule has 2 atom stereocenters. The maximum absolute atomic E-state index is 10.5. The summed E-state index contributed by atoms with van der Waals surface area (Å²) in [6.45, 7) is 6.19. The second-order valence-corrected chi connectivity index (χ2v) is 6.48. The van der Waals surface area contributed by atoms with Crippen LogP contribution in [-0.4, -0.2) is 22.2 Å². The summed E-state index contributed by atoms with van der Waals surface area (Å²) in [5, 5.41) is 11.1. The highest BCUT2D eigenvalue weighted by Crippen LogP contribution is 2.41. The van der Waals surface area contributed by atoms with Crippen LogP contribution < -0.4 is 4.74 Å². The first kappa shape index (κ1) is 12.8. The van der Waals surface area contributed by atoms with Gasteiger partial charge in [0.15, 0.2) is 0 Å². The van der Waals surface area contributed by atoms with Crippen molar-refractivity contribution in [1.82, 2.24) is 0 Å². The molecule has 2 unspecified atom stereocenters. The van der Waals surface area contributed by atoms with Crippen LogP contribution in [0.3, 0.4) is 0 Å². The maximum Gasteiger partial charge on any atom is 0.119 e. The van der Waals surface area contributed by atoms with Crippen molar-refractivity contribution in [3.63, 3.8) is 0 Å². The highest BCUT2D eigenvalue weighted by molar-refractivity contribution is 8.00. The molecule has 1 fully saturated rings. The van der Waals surface area contributed by atoms with E-state index < -0.39 is 5.60 Å². The van der Waals surface area contributed by atoms with Crippen LogP contribution in [-0.2, 0) is 5.60 Å². The van der Waals surface area contributed by atoms with Gasteiger partial charge >= 0.3 is 0 Å². The summed E-state index contributed by atoms with van der Waals surface area (Å²) >= 11 is 1.83. The zero-order chi connectivity index (χ0) is 12.5. The first-order valence-corrected chi connectivity index (χ1v) is 7.16. The quantitative estimate of drug-likeness (QED) is 0.896. The predicted octanol–water partition coefficient (Wildman–Crippen LogP) is 3.19. The van der Waals surface area contributed by atoms with Gasteiger partial charge in [0, 0.05) is 11.0 Å². The molecule has 1 aliphatic rings. The van der Waals surface area contributed by atoms with Crippen molar-refractivity contribution in [2.45, 2.75) is 44.1 Å². The fourth-order valence-electron chi connectivity index (χ4n) is 2.19. The molecule has 1 N–H and O–H groups in total. The summed E-state index contributed by atoms with van der Waals surface area (Å²) in [5.74, 6) is 1.66. The third-order valence-electron chi connectivity index (χ3n) is 3.00. The molecule has 0 bridgehead atoms. The van der Waals surface area contributed by atoms with E-state index in [1.807, 2.05) is 49.9 Å². The van der Waals surface area contributed by atoms with E-state index in [9.17, 15) is 5.11 Å². The molecule has 1 saturated heterocycles. The predicted molar refractivity (Wildman–Crippen MR) is 72.6 cm³/mol. The van der Waals surface area contributed by atoms with Gasteiger partial charge in [-0.1, -0.05) is 19.1 Å². The molecule has 3 heteroatoms. The van der Waals surface area contributed by atoms with Crippen LogP contribution >= 0.6 is 11.8 Å². The van der Waals surface area contributed by atoms with E-state index in [2.05, 4.69) is 6.92 Å². The molecule has 1 aromatic rings. The van der Waals surface area contributed by atoms with Gasteiger partial charge in [-0.25, -0.2) is 0 Å². The van der Waals surface area contributed by atoms with Crippen molar-refractivity contribution >= 4 is 11.8 Å². The molecule has 2 nitrogen and oxygen atoms in total. The minimum atomic E-state index is -0.652. The van der Waals surface area contributed by atoms with E-state index in [-0.39, 0.29) is 6.10 Å². The SMILES string of the molecule is CC(C)Oc1ccc(C2(O)CSC(C)C2)cc1. The van der Waals surface area contributed by atoms with Gasteiger partial charge in [0.05, 0.1) is 11.7 Å². The Hall–Kier alpha value is -0.670. The lowest BCUT2D eigenvalue weighted by Crippen LogP contribution is -2.25. The Labute approximate surface area is 107 Å². The van der Waals surface area contributed by atoms with Gasteiger partial charge in [0.25, 0.3) is 0 Å².